The molecule has 1 saturated carbocycles. The second kappa shape index (κ2) is 2.49. The average molecular weight is 114 g/mol. The maximum Gasteiger partial charge on any atom is 0.0565 e. The highest BCUT2D eigenvalue weighted by atomic mass is 16.3. The lowest BCUT2D eigenvalue weighted by Gasteiger charge is -2.29. The summed E-state index contributed by atoms with van der Waals surface area (Å²) in [6.45, 7) is 2.04. The standard InChI is InChI=1S/C7H14O/c1-2-7(8)6-4-3-5-6/h6-8H,2-5H2,1H3/t7-/m0/s1. The van der Waals surface area contributed by atoms with Crippen molar-refractivity contribution in [2.45, 2.75) is 38.7 Å². The Morgan fingerprint density at radius 1 is 1.62 bits per heavy atom. The SMILES string of the molecule is CC[C@H](O)C1CCC1. The van der Waals surface area contributed by atoms with Crippen LogP contribution in [0.1, 0.15) is 32.6 Å². The smallest absolute Gasteiger partial charge is 0.0565 e. The van der Waals surface area contributed by atoms with E-state index in [1.807, 2.05) is 6.92 Å². The third-order valence-electron chi connectivity index (χ3n) is 2.11. The van der Waals surface area contributed by atoms with Crippen LogP contribution in [0.4, 0.5) is 0 Å². The molecule has 1 nitrogen and oxygen atoms in total. The summed E-state index contributed by atoms with van der Waals surface area (Å²) in [6.07, 6.45) is 4.79. The van der Waals surface area contributed by atoms with E-state index in [9.17, 15) is 5.11 Å². The Morgan fingerprint density at radius 2 is 2.25 bits per heavy atom. The van der Waals surface area contributed by atoms with Gasteiger partial charge in [0.05, 0.1) is 6.10 Å². The number of aliphatic hydroxyl groups is 1. The summed E-state index contributed by atoms with van der Waals surface area (Å²) in [5, 5.41) is 9.18. The average Bonchev–Trinajstić information content (AvgIpc) is 1.62. The summed E-state index contributed by atoms with van der Waals surface area (Å²) in [6, 6.07) is 0. The Bertz CT molecular complexity index is 64.0. The predicted molar refractivity (Wildman–Crippen MR) is 33.6 cm³/mol. The number of rotatable bonds is 2. The van der Waals surface area contributed by atoms with Gasteiger partial charge in [0.25, 0.3) is 0 Å². The van der Waals surface area contributed by atoms with Crippen molar-refractivity contribution in [3.05, 3.63) is 0 Å². The van der Waals surface area contributed by atoms with Gasteiger partial charge in [-0.2, -0.15) is 0 Å². The van der Waals surface area contributed by atoms with E-state index >= 15 is 0 Å². The molecule has 8 heavy (non-hydrogen) atoms. The van der Waals surface area contributed by atoms with Gasteiger partial charge in [-0.1, -0.05) is 13.3 Å². The van der Waals surface area contributed by atoms with Crippen LogP contribution < -0.4 is 0 Å². The molecule has 0 aromatic carbocycles. The van der Waals surface area contributed by atoms with E-state index in [2.05, 4.69) is 0 Å². The molecule has 0 saturated heterocycles. The number of hydrogen-bond acceptors (Lipinski definition) is 1. The van der Waals surface area contributed by atoms with Gasteiger partial charge in [0.15, 0.2) is 0 Å². The molecule has 0 spiro atoms. The normalized spacial score (nSPS) is 24.8. The quantitative estimate of drug-likeness (QED) is 0.577. The van der Waals surface area contributed by atoms with Crippen LogP contribution >= 0.6 is 0 Å². The van der Waals surface area contributed by atoms with Crippen LogP contribution in [0, 0.1) is 5.92 Å². The van der Waals surface area contributed by atoms with Crippen molar-refractivity contribution in [1.82, 2.24) is 0 Å². The van der Waals surface area contributed by atoms with Crippen molar-refractivity contribution >= 4 is 0 Å². The van der Waals surface area contributed by atoms with Gasteiger partial charge < -0.3 is 5.11 Å². The van der Waals surface area contributed by atoms with Crippen LogP contribution in [0.3, 0.4) is 0 Å². The van der Waals surface area contributed by atoms with Gasteiger partial charge in [-0.3, -0.25) is 0 Å². The van der Waals surface area contributed by atoms with Gasteiger partial charge in [-0.05, 0) is 25.2 Å². The molecule has 0 aromatic heterocycles. The molecule has 1 rings (SSSR count). The van der Waals surface area contributed by atoms with Crippen molar-refractivity contribution < 1.29 is 5.11 Å². The minimum atomic E-state index is 0.00347. The topological polar surface area (TPSA) is 20.2 Å². The van der Waals surface area contributed by atoms with Crippen molar-refractivity contribution in [2.75, 3.05) is 0 Å². The zero-order valence-corrected chi connectivity index (χ0v) is 5.43. The fraction of sp³-hybridized carbons (Fsp3) is 1.00. The molecule has 1 N–H and O–H groups in total. The second-order valence-corrected chi connectivity index (χ2v) is 2.67. The fourth-order valence-corrected chi connectivity index (χ4v) is 1.16. The number of hydrogen-bond donors (Lipinski definition) is 1. The molecular formula is C7H14O. The summed E-state index contributed by atoms with van der Waals surface area (Å²) < 4.78 is 0. The molecule has 0 heterocycles. The summed E-state index contributed by atoms with van der Waals surface area (Å²) in [5.74, 6) is 0.653. The molecule has 0 bridgehead atoms. The minimum absolute atomic E-state index is 0.00347. The van der Waals surface area contributed by atoms with E-state index in [1.165, 1.54) is 19.3 Å². The lowest BCUT2D eigenvalue weighted by molar-refractivity contribution is 0.0597. The Hall–Kier alpha value is -0.0400. The molecule has 1 atom stereocenters. The first-order valence-corrected chi connectivity index (χ1v) is 3.52. The van der Waals surface area contributed by atoms with Gasteiger partial charge >= 0.3 is 0 Å². The van der Waals surface area contributed by atoms with Gasteiger partial charge in [0.2, 0.25) is 0 Å². The molecule has 0 unspecified atom stereocenters. The van der Waals surface area contributed by atoms with Crippen molar-refractivity contribution in [3.63, 3.8) is 0 Å². The predicted octanol–water partition coefficient (Wildman–Crippen LogP) is 1.56. The monoisotopic (exact) mass is 114 g/mol. The summed E-state index contributed by atoms with van der Waals surface area (Å²) in [5.41, 5.74) is 0. The Kier molecular flexibility index (Phi) is 1.90. The minimum Gasteiger partial charge on any atom is -0.393 e. The lowest BCUT2D eigenvalue weighted by atomic mass is 9.80. The van der Waals surface area contributed by atoms with Gasteiger partial charge in [-0.25, -0.2) is 0 Å². The van der Waals surface area contributed by atoms with E-state index in [0.29, 0.717) is 5.92 Å². The first-order valence-electron chi connectivity index (χ1n) is 3.52. The molecule has 0 amide bonds. The molecule has 1 aliphatic rings. The van der Waals surface area contributed by atoms with Crippen molar-refractivity contribution in [2.24, 2.45) is 5.92 Å². The van der Waals surface area contributed by atoms with Crippen LogP contribution in [-0.2, 0) is 0 Å². The summed E-state index contributed by atoms with van der Waals surface area (Å²) in [4.78, 5) is 0. The highest BCUT2D eigenvalue weighted by Crippen LogP contribution is 2.30. The zero-order valence-electron chi connectivity index (χ0n) is 5.43. The molecule has 1 fully saturated rings. The molecule has 0 aromatic rings. The van der Waals surface area contributed by atoms with E-state index in [0.717, 1.165) is 6.42 Å². The van der Waals surface area contributed by atoms with E-state index in [4.69, 9.17) is 0 Å². The first-order chi connectivity index (χ1) is 3.84. The largest absolute Gasteiger partial charge is 0.393 e. The zero-order chi connectivity index (χ0) is 5.98. The summed E-state index contributed by atoms with van der Waals surface area (Å²) >= 11 is 0. The van der Waals surface area contributed by atoms with E-state index in [1.54, 1.807) is 0 Å². The Morgan fingerprint density at radius 3 is 2.38 bits per heavy atom. The molecule has 0 aliphatic heterocycles. The first kappa shape index (κ1) is 6.09. The highest BCUT2D eigenvalue weighted by Gasteiger charge is 2.23. The van der Waals surface area contributed by atoms with Gasteiger partial charge in [-0.15, -0.1) is 0 Å². The molecular weight excluding hydrogens is 100 g/mol. The van der Waals surface area contributed by atoms with Crippen molar-refractivity contribution in [3.8, 4) is 0 Å². The Labute approximate surface area is 50.7 Å². The maximum atomic E-state index is 9.18. The third kappa shape index (κ3) is 1.03. The molecule has 0 radical (unpaired) electrons. The summed E-state index contributed by atoms with van der Waals surface area (Å²) in [7, 11) is 0. The van der Waals surface area contributed by atoms with E-state index in [-0.39, 0.29) is 6.10 Å². The van der Waals surface area contributed by atoms with Crippen LogP contribution in [-0.4, -0.2) is 11.2 Å². The maximum absolute atomic E-state index is 9.18. The highest BCUT2D eigenvalue weighted by molar-refractivity contribution is 4.75. The van der Waals surface area contributed by atoms with Crippen molar-refractivity contribution in [1.29, 1.82) is 0 Å². The second-order valence-electron chi connectivity index (χ2n) is 2.67. The van der Waals surface area contributed by atoms with Gasteiger partial charge in [0.1, 0.15) is 0 Å². The van der Waals surface area contributed by atoms with Crippen LogP contribution in [0.15, 0.2) is 0 Å². The fourth-order valence-electron chi connectivity index (χ4n) is 1.16. The molecule has 48 valence electrons. The van der Waals surface area contributed by atoms with Gasteiger partial charge in [0, 0.05) is 0 Å². The van der Waals surface area contributed by atoms with Crippen LogP contribution in [0.25, 0.3) is 0 Å². The van der Waals surface area contributed by atoms with E-state index < -0.39 is 0 Å². The molecule has 1 heteroatoms. The number of aliphatic hydroxyl groups excluding tert-OH is 1. The third-order valence-corrected chi connectivity index (χ3v) is 2.11. The Balaban J connectivity index is 2.13. The lowest BCUT2D eigenvalue weighted by Crippen LogP contribution is -2.25. The van der Waals surface area contributed by atoms with Crippen LogP contribution in [0.5, 0.6) is 0 Å². The molecule has 1 aliphatic carbocycles. The van der Waals surface area contributed by atoms with Crippen LogP contribution in [0.2, 0.25) is 0 Å².